The van der Waals surface area contributed by atoms with Gasteiger partial charge in [-0.15, -0.1) is 0 Å². The zero-order chi connectivity index (χ0) is 21.2. The van der Waals surface area contributed by atoms with E-state index in [1.165, 1.54) is 38.5 Å². The second-order valence-corrected chi connectivity index (χ2v) is 6.76. The predicted molar refractivity (Wildman–Crippen MR) is 118 cm³/mol. The summed E-state index contributed by atoms with van der Waals surface area (Å²) in [5, 5.41) is 0.883. The van der Waals surface area contributed by atoms with Gasteiger partial charge in [-0.25, -0.2) is 4.98 Å². The number of primary amides is 1. The van der Waals surface area contributed by atoms with Crippen molar-refractivity contribution in [1.29, 1.82) is 0 Å². The molecular weight excluding hydrogens is 364 g/mol. The highest BCUT2D eigenvalue weighted by Crippen LogP contribution is 2.19. The van der Waals surface area contributed by atoms with Gasteiger partial charge in [-0.1, -0.05) is 20.3 Å². The van der Waals surface area contributed by atoms with Gasteiger partial charge in [0.15, 0.2) is 6.29 Å². The number of benzene rings is 1. The summed E-state index contributed by atoms with van der Waals surface area (Å²) in [6, 6.07) is 10.6. The van der Waals surface area contributed by atoms with Crippen molar-refractivity contribution in [2.75, 3.05) is 20.1 Å². The Kier molecular flexibility index (Phi) is 8.55. The van der Waals surface area contributed by atoms with Crippen LogP contribution in [0.5, 0.6) is 0 Å². The molecule has 0 aliphatic carbocycles. The van der Waals surface area contributed by atoms with Crippen molar-refractivity contribution in [3.05, 3.63) is 59.9 Å². The summed E-state index contributed by atoms with van der Waals surface area (Å²) in [6.45, 7) is 6.64. The van der Waals surface area contributed by atoms with Crippen molar-refractivity contribution < 1.29 is 9.59 Å². The third-order valence-electron chi connectivity index (χ3n) is 4.69. The Morgan fingerprint density at radius 3 is 2.24 bits per heavy atom. The summed E-state index contributed by atoms with van der Waals surface area (Å²) in [6.07, 6.45) is 8.44. The highest BCUT2D eigenvalue weighted by Gasteiger charge is 2.06. The Morgan fingerprint density at radius 1 is 1.07 bits per heavy atom. The number of hydrogen-bond acceptors (Lipinski definition) is 4. The largest absolute Gasteiger partial charge is 0.366 e. The van der Waals surface area contributed by atoms with Gasteiger partial charge in [-0.05, 0) is 69.4 Å². The van der Waals surface area contributed by atoms with Gasteiger partial charge in [0.05, 0.1) is 0 Å². The van der Waals surface area contributed by atoms with Gasteiger partial charge in [-0.3, -0.25) is 9.59 Å². The van der Waals surface area contributed by atoms with Gasteiger partial charge >= 0.3 is 0 Å². The van der Waals surface area contributed by atoms with Crippen LogP contribution in [0.15, 0.2) is 48.8 Å². The number of aromatic nitrogens is 2. The van der Waals surface area contributed by atoms with Crippen LogP contribution in [-0.2, 0) is 0 Å². The molecule has 6 heteroatoms. The molecule has 0 radical (unpaired) electrons. The van der Waals surface area contributed by atoms with Crippen LogP contribution in [-0.4, -0.2) is 46.8 Å². The van der Waals surface area contributed by atoms with Crippen molar-refractivity contribution in [3.8, 4) is 5.69 Å². The molecule has 29 heavy (non-hydrogen) atoms. The summed E-state index contributed by atoms with van der Waals surface area (Å²) >= 11 is 0. The van der Waals surface area contributed by atoms with Crippen LogP contribution in [0, 0.1) is 0 Å². The molecule has 2 aromatic heterocycles. The molecule has 0 spiro atoms. The van der Waals surface area contributed by atoms with Gasteiger partial charge in [0.25, 0.3) is 0 Å². The average Bonchev–Trinajstić information content (AvgIpc) is 3.19. The zero-order valence-corrected chi connectivity index (χ0v) is 17.5. The number of nitrogens with zero attached hydrogens (tertiary/aromatic N) is 3. The standard InChI is InChI=1S/C15H11N3O2.C6H13N.C2H6/c16-14(20)11-1-3-13(4-2-11)18-6-5-12-7-10(9-19)8-17-15(12)18;1-7-5-3-2-4-6-7;1-2/h1-9H,(H2,16,20);2-6H2,1H3;1-2H3. The molecule has 4 rings (SSSR count). The van der Waals surface area contributed by atoms with Gasteiger partial charge in [-0.2, -0.15) is 0 Å². The van der Waals surface area contributed by atoms with Crippen LogP contribution >= 0.6 is 0 Å². The maximum Gasteiger partial charge on any atom is 0.248 e. The molecular formula is C23H30N4O2. The lowest BCUT2D eigenvalue weighted by molar-refractivity contribution is 0.1000. The van der Waals surface area contributed by atoms with E-state index in [0.29, 0.717) is 11.1 Å². The molecule has 3 heterocycles. The van der Waals surface area contributed by atoms with Gasteiger partial charge in [0.1, 0.15) is 5.65 Å². The first-order chi connectivity index (χ1) is 14.1. The fraction of sp³-hybridized carbons (Fsp3) is 0.348. The van der Waals surface area contributed by atoms with Crippen LogP contribution in [0.25, 0.3) is 16.7 Å². The fourth-order valence-corrected chi connectivity index (χ4v) is 3.15. The molecule has 0 unspecified atom stereocenters. The maximum atomic E-state index is 11.1. The first-order valence-corrected chi connectivity index (χ1v) is 10.1. The number of likely N-dealkylation sites (tertiary alicyclic amines) is 1. The number of amides is 1. The molecule has 1 aromatic carbocycles. The number of aldehydes is 1. The minimum atomic E-state index is -0.456. The molecule has 6 nitrogen and oxygen atoms in total. The minimum absolute atomic E-state index is 0.456. The maximum absolute atomic E-state index is 11.1. The van der Waals surface area contributed by atoms with E-state index in [2.05, 4.69) is 16.9 Å². The Hall–Kier alpha value is -2.99. The number of hydrogen-bond donors (Lipinski definition) is 1. The molecule has 1 fully saturated rings. The van der Waals surface area contributed by atoms with E-state index < -0.39 is 5.91 Å². The summed E-state index contributed by atoms with van der Waals surface area (Å²) in [5.41, 5.74) is 7.84. The van der Waals surface area contributed by atoms with Crippen LogP contribution in [0.4, 0.5) is 0 Å². The molecule has 0 saturated carbocycles. The second kappa shape index (κ2) is 11.1. The molecule has 154 valence electrons. The van der Waals surface area contributed by atoms with Crippen molar-refractivity contribution in [3.63, 3.8) is 0 Å². The summed E-state index contributed by atoms with van der Waals surface area (Å²) < 4.78 is 1.88. The smallest absolute Gasteiger partial charge is 0.248 e. The van der Waals surface area contributed by atoms with Crippen LogP contribution in [0.3, 0.4) is 0 Å². The van der Waals surface area contributed by atoms with Crippen LogP contribution in [0.1, 0.15) is 53.8 Å². The molecule has 3 aromatic rings. The molecule has 0 bridgehead atoms. The zero-order valence-electron chi connectivity index (χ0n) is 17.5. The fourth-order valence-electron chi connectivity index (χ4n) is 3.15. The third kappa shape index (κ3) is 5.99. The highest BCUT2D eigenvalue weighted by atomic mass is 16.1. The number of pyridine rings is 1. The molecule has 1 amide bonds. The van der Waals surface area contributed by atoms with Crippen LogP contribution < -0.4 is 5.73 Å². The quantitative estimate of drug-likeness (QED) is 0.679. The van der Waals surface area contributed by atoms with E-state index in [1.54, 1.807) is 30.3 Å². The third-order valence-corrected chi connectivity index (χ3v) is 4.69. The number of rotatable bonds is 3. The van der Waals surface area contributed by atoms with E-state index in [0.717, 1.165) is 23.0 Å². The van der Waals surface area contributed by atoms with Gasteiger partial charge in [0, 0.05) is 34.6 Å². The lowest BCUT2D eigenvalue weighted by Gasteiger charge is -2.20. The second-order valence-electron chi connectivity index (χ2n) is 6.76. The number of nitrogens with two attached hydrogens (primary N) is 1. The van der Waals surface area contributed by atoms with Crippen molar-refractivity contribution >= 4 is 23.2 Å². The lowest BCUT2D eigenvalue weighted by atomic mass is 10.1. The van der Waals surface area contributed by atoms with Gasteiger partial charge < -0.3 is 15.2 Å². The van der Waals surface area contributed by atoms with E-state index >= 15 is 0 Å². The Morgan fingerprint density at radius 2 is 1.72 bits per heavy atom. The van der Waals surface area contributed by atoms with E-state index in [1.807, 2.05) is 30.7 Å². The highest BCUT2D eigenvalue weighted by molar-refractivity contribution is 5.93. The number of fused-ring (bicyclic) bond motifs is 1. The van der Waals surface area contributed by atoms with E-state index in [9.17, 15) is 9.59 Å². The van der Waals surface area contributed by atoms with Crippen molar-refractivity contribution in [2.24, 2.45) is 5.73 Å². The van der Waals surface area contributed by atoms with Crippen LogP contribution in [0.2, 0.25) is 0 Å². The lowest BCUT2D eigenvalue weighted by Crippen LogP contribution is -2.24. The summed E-state index contributed by atoms with van der Waals surface area (Å²) in [7, 11) is 2.19. The first kappa shape index (κ1) is 22.3. The number of carbonyl (C=O) groups is 2. The molecule has 1 aliphatic rings. The SMILES string of the molecule is CC.CN1CCCCC1.NC(=O)c1ccc(-n2ccc3cc(C=O)cnc32)cc1. The summed E-state index contributed by atoms with van der Waals surface area (Å²) in [5.74, 6) is -0.456. The molecule has 1 saturated heterocycles. The Balaban J connectivity index is 0.000000280. The van der Waals surface area contributed by atoms with Crippen molar-refractivity contribution in [2.45, 2.75) is 33.1 Å². The molecule has 0 atom stereocenters. The molecule has 1 aliphatic heterocycles. The molecule has 2 N–H and O–H groups in total. The topological polar surface area (TPSA) is 81.2 Å². The Labute approximate surface area is 172 Å². The minimum Gasteiger partial charge on any atom is -0.366 e. The summed E-state index contributed by atoms with van der Waals surface area (Å²) in [4.78, 5) is 28.5. The predicted octanol–water partition coefficient (Wildman–Crippen LogP) is 4.07. The average molecular weight is 395 g/mol. The normalized spacial score (nSPS) is 13.6. The van der Waals surface area contributed by atoms with E-state index in [-0.39, 0.29) is 0 Å². The number of carbonyl (C=O) groups excluding carboxylic acids is 2. The Bertz CT molecular complexity index is 926. The van der Waals surface area contributed by atoms with Crippen molar-refractivity contribution in [1.82, 2.24) is 14.5 Å². The van der Waals surface area contributed by atoms with E-state index in [4.69, 9.17) is 5.73 Å². The first-order valence-electron chi connectivity index (χ1n) is 10.1. The monoisotopic (exact) mass is 394 g/mol. The number of piperidine rings is 1. The van der Waals surface area contributed by atoms with Gasteiger partial charge in [0.2, 0.25) is 5.91 Å².